The van der Waals surface area contributed by atoms with Crippen molar-refractivity contribution in [3.05, 3.63) is 96.3 Å². The van der Waals surface area contributed by atoms with Crippen molar-refractivity contribution in [1.82, 2.24) is 10.6 Å². The van der Waals surface area contributed by atoms with Gasteiger partial charge in [0, 0.05) is 22.3 Å². The Labute approximate surface area is 269 Å². The number of nitriles is 1. The minimum atomic E-state index is -0.879. The lowest BCUT2D eigenvalue weighted by molar-refractivity contribution is -0.139. The van der Waals surface area contributed by atoms with Gasteiger partial charge in [-0.1, -0.05) is 37.4 Å². The molecule has 0 unspecified atom stereocenters. The number of nitrogens with zero attached hydrogens (tertiary/aromatic N) is 1. The summed E-state index contributed by atoms with van der Waals surface area (Å²) in [6.45, 7) is 9.61. The maximum atomic E-state index is 14.3. The van der Waals surface area contributed by atoms with Crippen molar-refractivity contribution in [2.45, 2.75) is 13.8 Å². The second-order valence-electron chi connectivity index (χ2n) is 10.3. The molecule has 0 aromatic heterocycles. The first-order valence-electron chi connectivity index (χ1n) is 14.2. The number of ether oxygens (including phenoxy) is 4. The van der Waals surface area contributed by atoms with Crippen LogP contribution in [0.2, 0.25) is 0 Å². The molecule has 12 heteroatoms. The van der Waals surface area contributed by atoms with Crippen LogP contribution in [0.3, 0.4) is 0 Å². The molecule has 0 saturated carbocycles. The van der Waals surface area contributed by atoms with Crippen molar-refractivity contribution in [2.24, 2.45) is 0 Å². The zero-order valence-corrected chi connectivity index (χ0v) is 25.6. The van der Waals surface area contributed by atoms with E-state index in [0.29, 0.717) is 38.2 Å². The maximum absolute atomic E-state index is 14.3. The summed E-state index contributed by atoms with van der Waals surface area (Å²) in [6, 6.07) is 17.2. The quantitative estimate of drug-likeness (QED) is 0.113. The molecule has 2 amide bonds. The van der Waals surface area contributed by atoms with Crippen molar-refractivity contribution >= 4 is 45.7 Å². The molecule has 4 aromatic carbocycles. The van der Waals surface area contributed by atoms with Gasteiger partial charge in [-0.25, -0.2) is 23.6 Å². The van der Waals surface area contributed by atoms with Crippen molar-refractivity contribution in [3.63, 3.8) is 0 Å². The summed E-state index contributed by atoms with van der Waals surface area (Å²) in [5.41, 5.74) is 1.40. The standard InChI is InChI=1S/C35H30FN3O8/c1-20(2)32(40)44-15-13-38-34(42)46-28-11-6-23-17-22(19-37)5-9-26(23)30(28)31-27-10-8-25(36)18-24(27)7-12-29(31)47-35(43)39-14-16-45-33(41)21(3)4/h5-12,17-18H,1,3,13-16H2,2,4H3,(H,38,42)(H,39,43). The first-order valence-corrected chi connectivity index (χ1v) is 14.2. The molecule has 0 aliphatic heterocycles. The molecular formula is C35H30FN3O8. The molecule has 0 saturated heterocycles. The molecule has 240 valence electrons. The molecule has 0 aliphatic rings. The van der Waals surface area contributed by atoms with Crippen LogP contribution >= 0.6 is 0 Å². The van der Waals surface area contributed by atoms with E-state index in [1.54, 1.807) is 30.3 Å². The molecule has 47 heavy (non-hydrogen) atoms. The average molecular weight is 640 g/mol. The normalized spacial score (nSPS) is 10.4. The third-order valence-electron chi connectivity index (χ3n) is 6.62. The van der Waals surface area contributed by atoms with Crippen LogP contribution in [0.1, 0.15) is 19.4 Å². The van der Waals surface area contributed by atoms with Crippen LogP contribution in [0.25, 0.3) is 32.7 Å². The van der Waals surface area contributed by atoms with Crippen LogP contribution in [0.15, 0.2) is 85.0 Å². The van der Waals surface area contributed by atoms with Crippen LogP contribution in [-0.2, 0) is 19.1 Å². The van der Waals surface area contributed by atoms with E-state index < -0.39 is 29.9 Å². The number of halogens is 1. The monoisotopic (exact) mass is 639 g/mol. The third kappa shape index (κ3) is 8.49. The molecule has 11 nitrogen and oxygen atoms in total. The minimum Gasteiger partial charge on any atom is -0.460 e. The van der Waals surface area contributed by atoms with Gasteiger partial charge in [-0.05, 0) is 71.8 Å². The molecule has 0 atom stereocenters. The zero-order valence-electron chi connectivity index (χ0n) is 25.6. The number of hydrogen-bond acceptors (Lipinski definition) is 9. The fourth-order valence-corrected chi connectivity index (χ4v) is 4.46. The highest BCUT2D eigenvalue weighted by Crippen LogP contribution is 2.46. The van der Waals surface area contributed by atoms with Crippen molar-refractivity contribution in [2.75, 3.05) is 26.3 Å². The van der Waals surface area contributed by atoms with E-state index in [2.05, 4.69) is 29.9 Å². The number of hydrogen-bond donors (Lipinski definition) is 2. The Morgan fingerprint density at radius 2 is 1.19 bits per heavy atom. The summed E-state index contributed by atoms with van der Waals surface area (Å²) < 4.78 is 35.7. The summed E-state index contributed by atoms with van der Waals surface area (Å²) in [5, 5.41) is 16.5. The predicted octanol–water partition coefficient (Wildman–Crippen LogP) is 6.09. The highest BCUT2D eigenvalue weighted by molar-refractivity contribution is 6.10. The lowest BCUT2D eigenvalue weighted by Crippen LogP contribution is -2.31. The van der Waals surface area contributed by atoms with E-state index in [0.717, 1.165) is 0 Å². The average Bonchev–Trinajstić information content (AvgIpc) is 3.04. The van der Waals surface area contributed by atoms with Crippen LogP contribution in [-0.4, -0.2) is 50.4 Å². The smallest absolute Gasteiger partial charge is 0.412 e. The number of nitrogens with one attached hydrogen (secondary N) is 2. The summed E-state index contributed by atoms with van der Waals surface area (Å²) >= 11 is 0. The summed E-state index contributed by atoms with van der Waals surface area (Å²) in [5.74, 6) is -1.63. The topological polar surface area (TPSA) is 153 Å². The van der Waals surface area contributed by atoms with Gasteiger partial charge in [0.1, 0.15) is 30.5 Å². The Bertz CT molecular complexity index is 1960. The Morgan fingerprint density at radius 1 is 0.723 bits per heavy atom. The largest absolute Gasteiger partial charge is 0.460 e. The molecule has 0 heterocycles. The minimum absolute atomic E-state index is 0.0364. The van der Waals surface area contributed by atoms with Gasteiger partial charge in [-0.3, -0.25) is 0 Å². The Morgan fingerprint density at radius 3 is 1.66 bits per heavy atom. The number of benzene rings is 4. The maximum Gasteiger partial charge on any atom is 0.412 e. The summed E-state index contributed by atoms with van der Waals surface area (Å²) in [7, 11) is 0. The number of carbonyl (C=O) groups excluding carboxylic acids is 4. The number of fused-ring (bicyclic) bond motifs is 2. The number of amides is 2. The van der Waals surface area contributed by atoms with Crippen molar-refractivity contribution in [3.8, 4) is 28.7 Å². The fraction of sp³-hybridized carbons (Fsp3) is 0.171. The van der Waals surface area contributed by atoms with E-state index in [1.165, 1.54) is 44.2 Å². The van der Waals surface area contributed by atoms with E-state index >= 15 is 0 Å². The van der Waals surface area contributed by atoms with E-state index in [9.17, 15) is 28.8 Å². The molecule has 0 fully saturated rings. The summed E-state index contributed by atoms with van der Waals surface area (Å²) in [4.78, 5) is 49.1. The molecule has 0 spiro atoms. The Balaban J connectivity index is 1.74. The zero-order chi connectivity index (χ0) is 34.1. The highest BCUT2D eigenvalue weighted by atomic mass is 19.1. The van der Waals surface area contributed by atoms with Gasteiger partial charge in [-0.2, -0.15) is 5.26 Å². The van der Waals surface area contributed by atoms with E-state index in [1.807, 2.05) is 0 Å². The van der Waals surface area contributed by atoms with E-state index in [4.69, 9.17) is 18.9 Å². The van der Waals surface area contributed by atoms with Gasteiger partial charge in [0.05, 0.1) is 24.7 Å². The summed E-state index contributed by atoms with van der Waals surface area (Å²) in [6.07, 6.45) is -1.75. The van der Waals surface area contributed by atoms with Gasteiger partial charge in [0.15, 0.2) is 0 Å². The first-order chi connectivity index (χ1) is 22.5. The van der Waals surface area contributed by atoms with Crippen molar-refractivity contribution in [1.29, 1.82) is 5.26 Å². The second kappa shape index (κ2) is 15.2. The lowest BCUT2D eigenvalue weighted by atomic mass is 9.91. The van der Waals surface area contributed by atoms with Gasteiger partial charge in [0.25, 0.3) is 0 Å². The molecule has 0 radical (unpaired) electrons. The molecule has 4 aromatic rings. The van der Waals surface area contributed by atoms with Crippen LogP contribution in [0.4, 0.5) is 14.0 Å². The molecule has 0 aliphatic carbocycles. The second-order valence-corrected chi connectivity index (χ2v) is 10.3. The van der Waals surface area contributed by atoms with Gasteiger partial charge in [0.2, 0.25) is 0 Å². The van der Waals surface area contributed by atoms with E-state index in [-0.39, 0.29) is 48.9 Å². The molecule has 2 N–H and O–H groups in total. The highest BCUT2D eigenvalue weighted by Gasteiger charge is 2.23. The number of rotatable bonds is 11. The number of esters is 2. The van der Waals surface area contributed by atoms with Crippen LogP contribution in [0, 0.1) is 17.1 Å². The third-order valence-corrected chi connectivity index (χ3v) is 6.62. The molecule has 4 rings (SSSR count). The van der Waals surface area contributed by atoms with Crippen LogP contribution in [0.5, 0.6) is 11.5 Å². The lowest BCUT2D eigenvalue weighted by Gasteiger charge is -2.19. The SMILES string of the molecule is C=C(C)C(=O)OCCNC(=O)Oc1ccc2cc(F)ccc2c1-c1c(OC(=O)NCCOC(=O)C(=C)C)ccc2cc(C#N)ccc12. The number of carbonyl (C=O) groups is 4. The Kier molecular flexibility index (Phi) is 10.9. The van der Waals surface area contributed by atoms with Gasteiger partial charge >= 0.3 is 24.1 Å². The van der Waals surface area contributed by atoms with Crippen LogP contribution < -0.4 is 20.1 Å². The molecular weight excluding hydrogens is 609 g/mol. The van der Waals surface area contributed by atoms with Crippen molar-refractivity contribution < 1.29 is 42.5 Å². The first kappa shape index (κ1) is 33.7. The Hall–Kier alpha value is -6.22. The van der Waals surface area contributed by atoms with Gasteiger partial charge in [-0.15, -0.1) is 0 Å². The fourth-order valence-electron chi connectivity index (χ4n) is 4.46. The molecule has 0 bridgehead atoms. The van der Waals surface area contributed by atoms with Gasteiger partial charge < -0.3 is 29.6 Å². The predicted molar refractivity (Wildman–Crippen MR) is 171 cm³/mol.